The molecule has 0 amide bonds. The van der Waals surface area contributed by atoms with Crippen LogP contribution >= 0.6 is 0 Å². The summed E-state index contributed by atoms with van der Waals surface area (Å²) in [6.45, 7) is 2.07. The number of rotatable bonds is 3. The second kappa shape index (κ2) is 7.45. The summed E-state index contributed by atoms with van der Waals surface area (Å²) in [6, 6.07) is 5.33. The molecule has 1 aliphatic rings. The quantitative estimate of drug-likeness (QED) is 0.756. The van der Waals surface area contributed by atoms with Gasteiger partial charge in [-0.3, -0.25) is 0 Å². The highest BCUT2D eigenvalue weighted by molar-refractivity contribution is 5.66. The van der Waals surface area contributed by atoms with Gasteiger partial charge in [0.2, 0.25) is 0 Å². The molecule has 7 heteroatoms. The number of benzene rings is 1. The third kappa shape index (κ3) is 3.62. The summed E-state index contributed by atoms with van der Waals surface area (Å²) in [5.41, 5.74) is 3.49. The molecule has 0 unspecified atom stereocenters. The van der Waals surface area contributed by atoms with Crippen LogP contribution in [-0.4, -0.2) is 42.9 Å². The van der Waals surface area contributed by atoms with Gasteiger partial charge >= 0.3 is 0 Å². The van der Waals surface area contributed by atoms with Crippen LogP contribution in [0.1, 0.15) is 25.0 Å². The highest BCUT2D eigenvalue weighted by Crippen LogP contribution is 2.28. The summed E-state index contributed by atoms with van der Waals surface area (Å²) in [5.74, 6) is 0.517. The maximum Gasteiger partial charge on any atom is 0.185 e. The van der Waals surface area contributed by atoms with Crippen LogP contribution in [0.4, 0.5) is 0 Å². The van der Waals surface area contributed by atoms with Gasteiger partial charge in [0.15, 0.2) is 5.82 Å². The van der Waals surface area contributed by atoms with E-state index in [1.54, 1.807) is 30.9 Å². The van der Waals surface area contributed by atoms with Crippen molar-refractivity contribution < 1.29 is 5.11 Å². The Kier molecular flexibility index (Phi) is 4.70. The highest BCUT2D eigenvalue weighted by atomic mass is 16.3. The van der Waals surface area contributed by atoms with Crippen molar-refractivity contribution in [2.75, 3.05) is 13.1 Å². The Labute approximate surface area is 151 Å². The molecule has 3 heterocycles. The average molecular weight is 348 g/mol. The van der Waals surface area contributed by atoms with E-state index < -0.39 is 0 Å². The van der Waals surface area contributed by atoms with Crippen molar-refractivity contribution in [2.24, 2.45) is 0 Å². The molecule has 1 aliphatic heterocycles. The van der Waals surface area contributed by atoms with Crippen molar-refractivity contribution in [1.82, 2.24) is 30.0 Å². The standard InChI is InChI=1S/C19H20N6O/c26-18-11-16(25-9-8-21-13-25)3-4-17(18)19-22-12-15(23-24-19)10-14-2-1-6-20-7-5-14/h3-4,8-13,20,26H,1-2,5-7H2. The molecule has 2 aromatic heterocycles. The van der Waals surface area contributed by atoms with Gasteiger partial charge in [0, 0.05) is 18.5 Å². The van der Waals surface area contributed by atoms with Crippen molar-refractivity contribution in [3.05, 3.63) is 54.4 Å². The SMILES string of the molecule is Oc1cc(-n2ccnc2)ccc1-c1ncc(C=C2CCCNCC2)nn1. The molecule has 132 valence electrons. The molecule has 2 N–H and O–H groups in total. The molecule has 4 rings (SSSR count). The number of hydrogen-bond acceptors (Lipinski definition) is 6. The summed E-state index contributed by atoms with van der Waals surface area (Å²) in [6.07, 6.45) is 12.2. The van der Waals surface area contributed by atoms with E-state index in [4.69, 9.17) is 0 Å². The third-order valence-corrected chi connectivity index (χ3v) is 4.43. The van der Waals surface area contributed by atoms with Gasteiger partial charge in [-0.2, -0.15) is 0 Å². The van der Waals surface area contributed by atoms with Crippen molar-refractivity contribution in [2.45, 2.75) is 19.3 Å². The van der Waals surface area contributed by atoms with E-state index in [-0.39, 0.29) is 5.75 Å². The molecule has 0 aliphatic carbocycles. The Morgan fingerprint density at radius 2 is 2.12 bits per heavy atom. The van der Waals surface area contributed by atoms with Gasteiger partial charge in [-0.05, 0) is 50.6 Å². The lowest BCUT2D eigenvalue weighted by atomic mass is 10.1. The van der Waals surface area contributed by atoms with Gasteiger partial charge in [-0.1, -0.05) is 5.57 Å². The molecule has 3 aromatic rings. The Morgan fingerprint density at radius 3 is 2.88 bits per heavy atom. The summed E-state index contributed by atoms with van der Waals surface area (Å²) in [7, 11) is 0. The first-order chi connectivity index (χ1) is 12.8. The number of nitrogens with one attached hydrogen (secondary N) is 1. The van der Waals surface area contributed by atoms with Crippen LogP contribution in [0, 0.1) is 0 Å². The van der Waals surface area contributed by atoms with Crippen molar-refractivity contribution in [3.63, 3.8) is 0 Å². The van der Waals surface area contributed by atoms with Gasteiger partial charge in [0.25, 0.3) is 0 Å². The monoisotopic (exact) mass is 348 g/mol. The average Bonchev–Trinajstić information content (AvgIpc) is 3.08. The normalized spacial score (nSPS) is 16.5. The lowest BCUT2D eigenvalue weighted by Gasteiger charge is -2.07. The molecular formula is C19H20N6O. The maximum absolute atomic E-state index is 10.3. The van der Waals surface area contributed by atoms with Crippen LogP contribution in [0.3, 0.4) is 0 Å². The van der Waals surface area contributed by atoms with E-state index in [1.807, 2.05) is 16.8 Å². The van der Waals surface area contributed by atoms with Gasteiger partial charge < -0.3 is 15.0 Å². The largest absolute Gasteiger partial charge is 0.507 e. The van der Waals surface area contributed by atoms with E-state index in [0.717, 1.165) is 43.7 Å². The molecule has 0 bridgehead atoms. The van der Waals surface area contributed by atoms with E-state index >= 15 is 0 Å². The highest BCUT2D eigenvalue weighted by Gasteiger charge is 2.10. The first kappa shape index (κ1) is 16.4. The predicted octanol–water partition coefficient (Wildman–Crippen LogP) is 2.59. The van der Waals surface area contributed by atoms with Crippen LogP contribution in [0.25, 0.3) is 23.2 Å². The Bertz CT molecular complexity index is 892. The number of imidazole rings is 1. The van der Waals surface area contributed by atoms with Crippen LogP contribution in [0.15, 0.2) is 48.7 Å². The molecule has 0 atom stereocenters. The van der Waals surface area contributed by atoms with Crippen molar-refractivity contribution in [1.29, 1.82) is 0 Å². The minimum atomic E-state index is 0.110. The lowest BCUT2D eigenvalue weighted by Crippen LogP contribution is -2.13. The second-order valence-electron chi connectivity index (χ2n) is 6.28. The molecular weight excluding hydrogens is 328 g/mol. The van der Waals surface area contributed by atoms with Crippen LogP contribution in [-0.2, 0) is 0 Å². The van der Waals surface area contributed by atoms with Gasteiger partial charge in [-0.15, -0.1) is 10.2 Å². The molecule has 0 saturated carbocycles. The fraction of sp³-hybridized carbons (Fsp3) is 0.263. The Balaban J connectivity index is 1.56. The summed E-state index contributed by atoms with van der Waals surface area (Å²) < 4.78 is 1.82. The van der Waals surface area contributed by atoms with Crippen molar-refractivity contribution >= 4 is 6.08 Å². The zero-order chi connectivity index (χ0) is 17.8. The molecule has 0 radical (unpaired) electrons. The van der Waals surface area contributed by atoms with E-state index in [1.165, 1.54) is 5.57 Å². The number of hydrogen-bond donors (Lipinski definition) is 2. The lowest BCUT2D eigenvalue weighted by molar-refractivity contribution is 0.476. The number of aromatic nitrogens is 5. The first-order valence-electron chi connectivity index (χ1n) is 8.71. The minimum Gasteiger partial charge on any atom is -0.507 e. The number of phenols is 1. The molecule has 1 aromatic carbocycles. The van der Waals surface area contributed by atoms with E-state index in [2.05, 4.69) is 31.6 Å². The Morgan fingerprint density at radius 1 is 1.15 bits per heavy atom. The van der Waals surface area contributed by atoms with Crippen LogP contribution < -0.4 is 5.32 Å². The number of aromatic hydroxyl groups is 1. The van der Waals surface area contributed by atoms with Crippen LogP contribution in [0.5, 0.6) is 5.75 Å². The fourth-order valence-corrected chi connectivity index (χ4v) is 3.05. The topological polar surface area (TPSA) is 88.8 Å². The zero-order valence-corrected chi connectivity index (χ0v) is 14.3. The zero-order valence-electron chi connectivity index (χ0n) is 14.3. The smallest absolute Gasteiger partial charge is 0.185 e. The fourth-order valence-electron chi connectivity index (χ4n) is 3.05. The van der Waals surface area contributed by atoms with Gasteiger partial charge in [0.05, 0.1) is 23.8 Å². The maximum atomic E-state index is 10.3. The second-order valence-corrected chi connectivity index (χ2v) is 6.28. The molecule has 26 heavy (non-hydrogen) atoms. The van der Waals surface area contributed by atoms with E-state index in [0.29, 0.717) is 11.4 Å². The molecule has 0 spiro atoms. The predicted molar refractivity (Wildman–Crippen MR) is 98.7 cm³/mol. The minimum absolute atomic E-state index is 0.110. The summed E-state index contributed by atoms with van der Waals surface area (Å²) >= 11 is 0. The summed E-state index contributed by atoms with van der Waals surface area (Å²) in [5, 5.41) is 22.2. The molecule has 7 nitrogen and oxygen atoms in total. The summed E-state index contributed by atoms with van der Waals surface area (Å²) in [4.78, 5) is 8.39. The van der Waals surface area contributed by atoms with Gasteiger partial charge in [-0.25, -0.2) is 9.97 Å². The number of phenolic OH excluding ortho intramolecular Hbond substituents is 1. The van der Waals surface area contributed by atoms with E-state index in [9.17, 15) is 5.11 Å². The molecule has 1 fully saturated rings. The van der Waals surface area contributed by atoms with Gasteiger partial charge in [0.1, 0.15) is 11.4 Å². The Hall–Kier alpha value is -3.06. The third-order valence-electron chi connectivity index (χ3n) is 4.43. The van der Waals surface area contributed by atoms with Crippen LogP contribution in [0.2, 0.25) is 0 Å². The van der Waals surface area contributed by atoms with Crippen molar-refractivity contribution in [3.8, 4) is 22.8 Å². The number of nitrogens with zero attached hydrogens (tertiary/aromatic N) is 5. The molecule has 1 saturated heterocycles. The first-order valence-corrected chi connectivity index (χ1v) is 8.71.